The molecule has 0 atom stereocenters. The zero-order valence-electron chi connectivity index (χ0n) is 18.3. The van der Waals surface area contributed by atoms with E-state index in [-0.39, 0.29) is 12.4 Å². The van der Waals surface area contributed by atoms with Crippen LogP contribution in [-0.4, -0.2) is 24.9 Å². The van der Waals surface area contributed by atoms with E-state index >= 15 is 0 Å². The zero-order chi connectivity index (χ0) is 22.7. The molecule has 0 radical (unpaired) electrons. The lowest BCUT2D eigenvalue weighted by Crippen LogP contribution is -2.10. The number of alkyl halides is 3. The van der Waals surface area contributed by atoms with Gasteiger partial charge in [0.05, 0.1) is 17.9 Å². The SMILES string of the molecule is C/C=C(\C=NC)c1csc(Nc2ccc(OCCCCCCCC)c(C(F)(F)F)c2)n1. The highest BCUT2D eigenvalue weighted by Gasteiger charge is 2.34. The summed E-state index contributed by atoms with van der Waals surface area (Å²) in [7, 11) is 1.67. The molecule has 0 spiro atoms. The Bertz CT molecular complexity index is 875. The Morgan fingerprint density at radius 3 is 2.61 bits per heavy atom. The molecule has 1 heterocycles. The lowest BCUT2D eigenvalue weighted by Gasteiger charge is -2.15. The molecule has 1 aromatic heterocycles. The van der Waals surface area contributed by atoms with Gasteiger partial charge in [0, 0.05) is 29.9 Å². The molecule has 31 heavy (non-hydrogen) atoms. The van der Waals surface area contributed by atoms with Crippen molar-refractivity contribution in [3.8, 4) is 5.75 Å². The van der Waals surface area contributed by atoms with E-state index in [0.717, 1.165) is 49.4 Å². The van der Waals surface area contributed by atoms with Gasteiger partial charge in [-0.25, -0.2) is 4.98 Å². The standard InChI is InChI=1S/C23H30F3N3OS/c1-4-6-7-8-9-10-13-30-21-12-11-18(14-19(21)23(24,25)26)28-22-29-20(16-31-22)17(5-2)15-27-3/h5,11-12,14-16H,4,6-10,13H2,1-3H3,(H,28,29)/b17-5+,27-15?. The fourth-order valence-corrected chi connectivity index (χ4v) is 3.77. The molecule has 0 unspecified atom stereocenters. The van der Waals surface area contributed by atoms with Crippen molar-refractivity contribution < 1.29 is 17.9 Å². The smallest absolute Gasteiger partial charge is 0.420 e. The summed E-state index contributed by atoms with van der Waals surface area (Å²) in [6.45, 7) is 4.31. The Labute approximate surface area is 186 Å². The average molecular weight is 454 g/mol. The molecule has 2 aromatic rings. The molecule has 0 fully saturated rings. The van der Waals surface area contributed by atoms with E-state index in [9.17, 15) is 13.2 Å². The molecule has 0 aliphatic carbocycles. The summed E-state index contributed by atoms with van der Waals surface area (Å²) in [5.41, 5.74) is 1.09. The van der Waals surface area contributed by atoms with Crippen LogP contribution in [0.2, 0.25) is 0 Å². The van der Waals surface area contributed by atoms with Crippen LogP contribution < -0.4 is 10.1 Å². The minimum atomic E-state index is -4.50. The maximum atomic E-state index is 13.6. The van der Waals surface area contributed by atoms with Crippen molar-refractivity contribution >= 4 is 33.9 Å². The Morgan fingerprint density at radius 1 is 1.19 bits per heavy atom. The van der Waals surface area contributed by atoms with Crippen molar-refractivity contribution in [2.45, 2.75) is 58.5 Å². The third-order valence-electron chi connectivity index (χ3n) is 4.67. The highest BCUT2D eigenvalue weighted by Crippen LogP contribution is 2.38. The fraction of sp³-hybridized carbons (Fsp3) is 0.478. The summed E-state index contributed by atoms with van der Waals surface area (Å²) >= 11 is 1.32. The molecule has 0 aliphatic heterocycles. The first-order chi connectivity index (χ1) is 14.9. The molecule has 1 aromatic carbocycles. The number of hydrogen-bond donors (Lipinski definition) is 1. The molecule has 0 bridgehead atoms. The Morgan fingerprint density at radius 2 is 1.94 bits per heavy atom. The number of anilines is 2. The Balaban J connectivity index is 2.05. The van der Waals surface area contributed by atoms with E-state index in [0.29, 0.717) is 10.8 Å². The van der Waals surface area contributed by atoms with E-state index in [1.807, 2.05) is 18.4 Å². The van der Waals surface area contributed by atoms with Gasteiger partial charge in [0.15, 0.2) is 5.13 Å². The largest absolute Gasteiger partial charge is 0.493 e. The quantitative estimate of drug-likeness (QED) is 0.264. The summed E-state index contributed by atoms with van der Waals surface area (Å²) in [4.78, 5) is 8.42. The van der Waals surface area contributed by atoms with E-state index in [1.165, 1.54) is 23.8 Å². The number of allylic oxidation sites excluding steroid dienone is 2. The van der Waals surface area contributed by atoms with Crippen molar-refractivity contribution in [2.24, 2.45) is 4.99 Å². The van der Waals surface area contributed by atoms with E-state index in [1.54, 1.807) is 19.3 Å². The van der Waals surface area contributed by atoms with Gasteiger partial charge in [-0.2, -0.15) is 13.2 Å². The van der Waals surface area contributed by atoms with Crippen LogP contribution in [0.15, 0.2) is 34.6 Å². The van der Waals surface area contributed by atoms with Gasteiger partial charge in [-0.05, 0) is 31.5 Å². The number of rotatable bonds is 12. The number of aliphatic imine (C=N–C) groups is 1. The molecular formula is C23H30F3N3OS. The van der Waals surface area contributed by atoms with Crippen LogP contribution in [0.3, 0.4) is 0 Å². The lowest BCUT2D eigenvalue weighted by molar-refractivity contribution is -0.138. The minimum absolute atomic E-state index is 0.137. The van der Waals surface area contributed by atoms with Crippen molar-refractivity contribution in [1.82, 2.24) is 4.98 Å². The Hall–Kier alpha value is -2.35. The number of thiazole rings is 1. The number of benzene rings is 1. The van der Waals surface area contributed by atoms with Crippen LogP contribution in [0.1, 0.15) is 63.6 Å². The van der Waals surface area contributed by atoms with Gasteiger partial charge in [0.25, 0.3) is 0 Å². The number of nitrogens with one attached hydrogen (secondary N) is 1. The summed E-state index contributed by atoms with van der Waals surface area (Å²) in [6, 6.07) is 4.02. The van der Waals surface area contributed by atoms with Crippen LogP contribution in [0.25, 0.3) is 5.57 Å². The molecule has 8 heteroatoms. The number of nitrogens with zero attached hydrogens (tertiary/aromatic N) is 2. The van der Waals surface area contributed by atoms with Crippen LogP contribution in [-0.2, 0) is 6.18 Å². The molecule has 0 aliphatic rings. The van der Waals surface area contributed by atoms with Crippen LogP contribution in [0, 0.1) is 0 Å². The molecule has 2 rings (SSSR count). The Kier molecular flexibility index (Phi) is 10.0. The molecular weight excluding hydrogens is 423 g/mol. The van der Waals surface area contributed by atoms with Crippen LogP contribution in [0.5, 0.6) is 5.75 Å². The fourth-order valence-electron chi connectivity index (χ4n) is 3.03. The second kappa shape index (κ2) is 12.5. The van der Waals surface area contributed by atoms with Gasteiger partial charge >= 0.3 is 6.18 Å². The van der Waals surface area contributed by atoms with Gasteiger partial charge in [0.1, 0.15) is 5.75 Å². The summed E-state index contributed by atoms with van der Waals surface area (Å²) < 4.78 is 46.2. The molecule has 0 amide bonds. The number of hydrogen-bond acceptors (Lipinski definition) is 5. The first kappa shape index (κ1) is 24.9. The average Bonchev–Trinajstić information content (AvgIpc) is 3.19. The predicted octanol–water partition coefficient (Wildman–Crippen LogP) is 7.75. The van der Waals surface area contributed by atoms with Crippen LogP contribution >= 0.6 is 11.3 Å². The highest BCUT2D eigenvalue weighted by atomic mass is 32.1. The molecule has 1 N–H and O–H groups in total. The predicted molar refractivity (Wildman–Crippen MR) is 124 cm³/mol. The van der Waals surface area contributed by atoms with Gasteiger partial charge in [-0.3, -0.25) is 4.99 Å². The van der Waals surface area contributed by atoms with Crippen LogP contribution in [0.4, 0.5) is 24.0 Å². The normalized spacial score (nSPS) is 12.5. The first-order valence-electron chi connectivity index (χ1n) is 10.5. The minimum Gasteiger partial charge on any atom is -0.493 e. The second-order valence-electron chi connectivity index (χ2n) is 7.12. The number of halogens is 3. The number of unbranched alkanes of at least 4 members (excludes halogenated alkanes) is 5. The van der Waals surface area contributed by atoms with Gasteiger partial charge in [-0.15, -0.1) is 11.3 Å². The van der Waals surface area contributed by atoms with E-state index in [4.69, 9.17) is 4.74 Å². The molecule has 170 valence electrons. The van der Waals surface area contributed by atoms with Crippen molar-refractivity contribution in [3.05, 3.63) is 40.9 Å². The van der Waals surface area contributed by atoms with Gasteiger partial charge in [0.2, 0.25) is 0 Å². The van der Waals surface area contributed by atoms with Crippen molar-refractivity contribution in [1.29, 1.82) is 0 Å². The molecule has 0 saturated carbocycles. The molecule has 0 saturated heterocycles. The summed E-state index contributed by atoms with van der Waals surface area (Å²) in [5, 5.41) is 5.30. The van der Waals surface area contributed by atoms with Crippen molar-refractivity contribution in [2.75, 3.05) is 19.0 Å². The third-order valence-corrected chi connectivity index (χ3v) is 5.43. The topological polar surface area (TPSA) is 46.5 Å². The third kappa shape index (κ3) is 8.01. The van der Waals surface area contributed by atoms with E-state index in [2.05, 4.69) is 22.2 Å². The summed E-state index contributed by atoms with van der Waals surface area (Å²) in [6.07, 6.45) is 5.37. The monoisotopic (exact) mass is 453 g/mol. The molecule has 4 nitrogen and oxygen atoms in total. The summed E-state index contributed by atoms with van der Waals surface area (Å²) in [5.74, 6) is -0.137. The van der Waals surface area contributed by atoms with Gasteiger partial charge < -0.3 is 10.1 Å². The number of ether oxygens (including phenoxy) is 1. The maximum absolute atomic E-state index is 13.6. The first-order valence-corrected chi connectivity index (χ1v) is 11.4. The zero-order valence-corrected chi connectivity index (χ0v) is 19.1. The van der Waals surface area contributed by atoms with Gasteiger partial charge in [-0.1, -0.05) is 45.1 Å². The van der Waals surface area contributed by atoms with Crippen molar-refractivity contribution in [3.63, 3.8) is 0 Å². The lowest BCUT2D eigenvalue weighted by atomic mass is 10.1. The second-order valence-corrected chi connectivity index (χ2v) is 7.98. The van der Waals surface area contributed by atoms with E-state index < -0.39 is 11.7 Å². The highest BCUT2D eigenvalue weighted by molar-refractivity contribution is 7.13. The number of aromatic nitrogens is 1. The maximum Gasteiger partial charge on any atom is 0.420 e.